The second-order valence-corrected chi connectivity index (χ2v) is 6.27. The summed E-state index contributed by atoms with van der Waals surface area (Å²) in [5.74, 6) is -1.51. The van der Waals surface area contributed by atoms with Gasteiger partial charge in [-0.1, -0.05) is 29.3 Å². The van der Waals surface area contributed by atoms with Crippen molar-refractivity contribution in [2.75, 3.05) is 10.6 Å². The maximum atomic E-state index is 12.2. The lowest BCUT2D eigenvalue weighted by atomic mass is 10.2. The molecule has 2 N–H and O–H groups in total. The molecular weight excluding hydrogens is 379 g/mol. The lowest BCUT2D eigenvalue weighted by Crippen LogP contribution is -2.30. The molecule has 0 aliphatic carbocycles. The van der Waals surface area contributed by atoms with E-state index in [2.05, 4.69) is 10.6 Å². The van der Waals surface area contributed by atoms with Gasteiger partial charge in [0.05, 0.1) is 16.3 Å². The molecule has 0 saturated heterocycles. The van der Waals surface area contributed by atoms with Crippen LogP contribution in [0.2, 0.25) is 10.0 Å². The van der Waals surface area contributed by atoms with Gasteiger partial charge in [0.25, 0.3) is 5.91 Å². The van der Waals surface area contributed by atoms with E-state index in [4.69, 9.17) is 27.9 Å². The third-order valence-corrected chi connectivity index (χ3v) is 3.82. The fourth-order valence-electron chi connectivity index (χ4n) is 2.04. The number of nitrogens with one attached hydrogen (secondary N) is 2. The summed E-state index contributed by atoms with van der Waals surface area (Å²) in [6.07, 6.45) is -1.07. The van der Waals surface area contributed by atoms with Gasteiger partial charge in [-0.15, -0.1) is 0 Å². The van der Waals surface area contributed by atoms with Crippen molar-refractivity contribution < 1.29 is 19.1 Å². The molecule has 0 aliphatic heterocycles. The van der Waals surface area contributed by atoms with Crippen LogP contribution < -0.4 is 10.6 Å². The molecule has 136 valence electrons. The van der Waals surface area contributed by atoms with Crippen molar-refractivity contribution in [3.63, 3.8) is 0 Å². The Morgan fingerprint density at radius 1 is 1.04 bits per heavy atom. The molecule has 0 spiro atoms. The van der Waals surface area contributed by atoms with Gasteiger partial charge in [-0.05, 0) is 43.3 Å². The molecule has 8 heteroatoms. The van der Waals surface area contributed by atoms with Crippen molar-refractivity contribution in [3.05, 3.63) is 58.1 Å². The van der Waals surface area contributed by atoms with Gasteiger partial charge in [-0.25, -0.2) is 4.79 Å². The smallest absolute Gasteiger partial charge is 0.338 e. The largest absolute Gasteiger partial charge is 0.449 e. The van der Waals surface area contributed by atoms with Crippen LogP contribution in [0.15, 0.2) is 42.5 Å². The number of anilines is 2. The Morgan fingerprint density at radius 2 is 1.77 bits per heavy atom. The summed E-state index contributed by atoms with van der Waals surface area (Å²) in [4.78, 5) is 35.5. The summed E-state index contributed by atoms with van der Waals surface area (Å²) in [6.45, 7) is 2.79. The van der Waals surface area contributed by atoms with Crippen LogP contribution in [0, 0.1) is 0 Å². The van der Waals surface area contributed by atoms with Gasteiger partial charge in [0, 0.05) is 17.6 Å². The molecule has 0 unspecified atom stereocenters. The predicted octanol–water partition coefficient (Wildman–Crippen LogP) is 4.14. The minimum absolute atomic E-state index is 0.205. The van der Waals surface area contributed by atoms with Crippen LogP contribution >= 0.6 is 23.2 Å². The van der Waals surface area contributed by atoms with Crippen LogP contribution in [-0.2, 0) is 14.3 Å². The van der Waals surface area contributed by atoms with E-state index in [-0.39, 0.29) is 11.5 Å². The molecule has 0 heterocycles. The molecule has 1 atom stereocenters. The van der Waals surface area contributed by atoms with Crippen molar-refractivity contribution in [2.24, 2.45) is 0 Å². The molecular formula is C18H16Cl2N2O4. The number of rotatable bonds is 5. The summed E-state index contributed by atoms with van der Waals surface area (Å²) < 4.78 is 5.16. The third-order valence-electron chi connectivity index (χ3n) is 3.26. The van der Waals surface area contributed by atoms with Gasteiger partial charge < -0.3 is 15.4 Å². The molecule has 2 aromatic rings. The fourth-order valence-corrected chi connectivity index (χ4v) is 2.37. The normalized spacial score (nSPS) is 11.4. The highest BCUT2D eigenvalue weighted by Crippen LogP contribution is 2.25. The van der Waals surface area contributed by atoms with Crippen LogP contribution in [-0.4, -0.2) is 23.9 Å². The molecule has 2 amide bonds. The van der Waals surface area contributed by atoms with Crippen molar-refractivity contribution in [1.29, 1.82) is 0 Å². The molecule has 0 bridgehead atoms. The minimum Gasteiger partial charge on any atom is -0.449 e. The number of carbonyl (C=O) groups is 3. The topological polar surface area (TPSA) is 84.5 Å². The van der Waals surface area contributed by atoms with E-state index in [9.17, 15) is 14.4 Å². The number of halogens is 2. The number of ether oxygens (including phenoxy) is 1. The van der Waals surface area contributed by atoms with Crippen molar-refractivity contribution in [2.45, 2.75) is 20.0 Å². The van der Waals surface area contributed by atoms with E-state index in [1.807, 2.05) is 0 Å². The molecule has 0 saturated carbocycles. The van der Waals surface area contributed by atoms with Gasteiger partial charge in [-0.3, -0.25) is 9.59 Å². The quantitative estimate of drug-likeness (QED) is 0.746. The van der Waals surface area contributed by atoms with E-state index < -0.39 is 18.0 Å². The second-order valence-electron chi connectivity index (χ2n) is 5.42. The Kier molecular flexibility index (Phi) is 6.60. The molecule has 6 nitrogen and oxygen atoms in total. The highest BCUT2D eigenvalue weighted by Gasteiger charge is 2.20. The molecule has 2 aromatic carbocycles. The van der Waals surface area contributed by atoms with Gasteiger partial charge in [0.2, 0.25) is 5.91 Å². The lowest BCUT2D eigenvalue weighted by molar-refractivity contribution is -0.123. The molecule has 0 aromatic heterocycles. The zero-order chi connectivity index (χ0) is 19.3. The van der Waals surface area contributed by atoms with Gasteiger partial charge in [0.15, 0.2) is 6.10 Å². The Balaban J connectivity index is 2.03. The average Bonchev–Trinajstić information content (AvgIpc) is 2.57. The van der Waals surface area contributed by atoms with Gasteiger partial charge >= 0.3 is 5.97 Å². The highest BCUT2D eigenvalue weighted by molar-refractivity contribution is 6.35. The predicted molar refractivity (Wildman–Crippen MR) is 101 cm³/mol. The number of hydrogen-bond acceptors (Lipinski definition) is 4. The van der Waals surface area contributed by atoms with Gasteiger partial charge in [-0.2, -0.15) is 0 Å². The Bertz CT molecular complexity index is 855. The summed E-state index contributed by atoms with van der Waals surface area (Å²) >= 11 is 11.9. The van der Waals surface area contributed by atoms with Crippen LogP contribution in [0.25, 0.3) is 0 Å². The molecule has 0 radical (unpaired) electrons. The minimum atomic E-state index is -1.07. The summed E-state index contributed by atoms with van der Waals surface area (Å²) in [5, 5.41) is 5.84. The number of benzene rings is 2. The Labute approximate surface area is 160 Å². The maximum absolute atomic E-state index is 12.2. The van der Waals surface area contributed by atoms with E-state index in [0.717, 1.165) is 0 Å². The zero-order valence-electron chi connectivity index (χ0n) is 14.0. The van der Waals surface area contributed by atoms with E-state index in [0.29, 0.717) is 21.4 Å². The second kappa shape index (κ2) is 8.69. The first kappa shape index (κ1) is 19.8. The molecule has 0 aliphatic rings. The first-order chi connectivity index (χ1) is 12.3. The summed E-state index contributed by atoms with van der Waals surface area (Å²) in [6, 6.07) is 10.8. The van der Waals surface area contributed by atoms with E-state index in [1.165, 1.54) is 32.0 Å². The Hall–Kier alpha value is -2.57. The van der Waals surface area contributed by atoms with E-state index in [1.54, 1.807) is 24.3 Å². The molecule has 2 rings (SSSR count). The number of amides is 2. The fraction of sp³-hybridized carbons (Fsp3) is 0.167. The van der Waals surface area contributed by atoms with Crippen LogP contribution in [0.4, 0.5) is 11.4 Å². The lowest BCUT2D eigenvalue weighted by Gasteiger charge is -2.15. The standard InChI is InChI=1S/C18H16Cl2N2O4/c1-10(17(24)22-16-9-13(19)6-7-15(16)20)26-18(25)12-4-3-5-14(8-12)21-11(2)23/h3-10H,1-2H3,(H,21,23)(H,22,24)/t10-/m0/s1. The third kappa shape index (κ3) is 5.47. The van der Waals surface area contributed by atoms with Crippen molar-refractivity contribution in [1.82, 2.24) is 0 Å². The highest BCUT2D eigenvalue weighted by atomic mass is 35.5. The van der Waals surface area contributed by atoms with Gasteiger partial charge in [0.1, 0.15) is 0 Å². The summed E-state index contributed by atoms with van der Waals surface area (Å²) in [7, 11) is 0. The Morgan fingerprint density at radius 3 is 2.46 bits per heavy atom. The first-order valence-electron chi connectivity index (χ1n) is 7.61. The summed E-state index contributed by atoms with van der Waals surface area (Å²) in [5.41, 5.74) is 0.978. The van der Waals surface area contributed by atoms with Crippen LogP contribution in [0.3, 0.4) is 0 Å². The van der Waals surface area contributed by atoms with Crippen molar-refractivity contribution in [3.8, 4) is 0 Å². The zero-order valence-corrected chi connectivity index (χ0v) is 15.5. The first-order valence-corrected chi connectivity index (χ1v) is 8.36. The molecule has 26 heavy (non-hydrogen) atoms. The monoisotopic (exact) mass is 394 g/mol. The van der Waals surface area contributed by atoms with Crippen molar-refractivity contribution >= 4 is 52.4 Å². The number of esters is 1. The number of carbonyl (C=O) groups excluding carboxylic acids is 3. The van der Waals surface area contributed by atoms with Crippen LogP contribution in [0.1, 0.15) is 24.2 Å². The van der Waals surface area contributed by atoms with E-state index >= 15 is 0 Å². The average molecular weight is 395 g/mol. The number of hydrogen-bond donors (Lipinski definition) is 2. The maximum Gasteiger partial charge on any atom is 0.338 e. The SMILES string of the molecule is CC(=O)Nc1cccc(C(=O)O[C@@H](C)C(=O)Nc2cc(Cl)ccc2Cl)c1. The molecule has 0 fully saturated rings. The van der Waals surface area contributed by atoms with Crippen LogP contribution in [0.5, 0.6) is 0 Å².